The van der Waals surface area contributed by atoms with E-state index in [1.165, 1.54) is 16.0 Å². The fourth-order valence-corrected chi connectivity index (χ4v) is 4.66. The lowest BCUT2D eigenvalue weighted by atomic mass is 9.99. The first-order chi connectivity index (χ1) is 14.7. The third-order valence-corrected chi connectivity index (χ3v) is 6.30. The highest BCUT2D eigenvalue weighted by molar-refractivity contribution is 5.78. The summed E-state index contributed by atoms with van der Waals surface area (Å²) in [4.78, 5) is 16.6. The number of hydrogen-bond donors (Lipinski definition) is 1. The van der Waals surface area contributed by atoms with E-state index in [1.807, 2.05) is 29.2 Å². The summed E-state index contributed by atoms with van der Waals surface area (Å²) in [6.45, 7) is 3.24. The molecule has 5 heteroatoms. The van der Waals surface area contributed by atoms with Crippen LogP contribution in [0.4, 0.5) is 0 Å². The lowest BCUT2D eigenvalue weighted by molar-refractivity contribution is -0.887. The van der Waals surface area contributed by atoms with Crippen LogP contribution in [0.25, 0.3) is 5.57 Å². The molecule has 2 aliphatic heterocycles. The van der Waals surface area contributed by atoms with Crippen LogP contribution in [0, 0.1) is 0 Å². The van der Waals surface area contributed by atoms with Crippen molar-refractivity contribution in [3.05, 3.63) is 65.7 Å². The molecule has 2 atom stereocenters. The van der Waals surface area contributed by atoms with Crippen LogP contribution in [0.2, 0.25) is 0 Å². The fraction of sp³-hybridized carbons (Fsp3) is 0.400. The summed E-state index contributed by atoms with van der Waals surface area (Å²) in [6, 6.07) is 16.4. The Morgan fingerprint density at radius 1 is 1.13 bits per heavy atom. The molecule has 158 valence electrons. The first-order valence-electron chi connectivity index (χ1n) is 10.8. The summed E-state index contributed by atoms with van der Waals surface area (Å²) in [5.74, 6) is 1.85. The van der Waals surface area contributed by atoms with E-state index in [0.717, 1.165) is 56.0 Å². The lowest BCUT2D eigenvalue weighted by Gasteiger charge is -2.29. The van der Waals surface area contributed by atoms with Crippen LogP contribution in [0.3, 0.4) is 0 Å². The molecule has 0 bridgehead atoms. The van der Waals surface area contributed by atoms with E-state index in [4.69, 9.17) is 9.47 Å². The summed E-state index contributed by atoms with van der Waals surface area (Å²) in [5, 5.41) is 0. The van der Waals surface area contributed by atoms with Gasteiger partial charge in [-0.3, -0.25) is 4.79 Å². The van der Waals surface area contributed by atoms with Gasteiger partial charge in [0.2, 0.25) is 0 Å². The molecule has 1 N–H and O–H groups in total. The molecule has 0 saturated carbocycles. The molecule has 4 rings (SSSR count). The molecule has 0 aliphatic carbocycles. The van der Waals surface area contributed by atoms with Crippen molar-refractivity contribution in [3.8, 4) is 11.5 Å². The second-order valence-corrected chi connectivity index (χ2v) is 8.08. The average molecular weight is 408 g/mol. The average Bonchev–Trinajstić information content (AvgIpc) is 3.30. The van der Waals surface area contributed by atoms with Gasteiger partial charge >= 0.3 is 0 Å². The molecule has 2 heterocycles. The second-order valence-electron chi connectivity index (χ2n) is 8.08. The van der Waals surface area contributed by atoms with Crippen molar-refractivity contribution < 1.29 is 19.2 Å². The normalized spacial score (nSPS) is 21.3. The highest BCUT2D eigenvalue weighted by Gasteiger charge is 2.34. The van der Waals surface area contributed by atoms with Gasteiger partial charge in [0.05, 0.1) is 33.4 Å². The molecule has 1 unspecified atom stereocenters. The molecule has 1 saturated heterocycles. The van der Waals surface area contributed by atoms with Crippen molar-refractivity contribution in [1.29, 1.82) is 0 Å². The number of nitrogens with zero attached hydrogens (tertiary/aromatic N) is 1. The second kappa shape index (κ2) is 9.35. The Bertz CT molecular complexity index is 910. The van der Waals surface area contributed by atoms with Gasteiger partial charge in [-0.05, 0) is 48.3 Å². The van der Waals surface area contributed by atoms with Crippen molar-refractivity contribution in [2.24, 2.45) is 0 Å². The maximum atomic E-state index is 13.2. The number of benzene rings is 2. The third kappa shape index (κ3) is 4.36. The molecule has 0 spiro atoms. The van der Waals surface area contributed by atoms with Crippen LogP contribution in [-0.2, 0) is 4.79 Å². The van der Waals surface area contributed by atoms with Crippen molar-refractivity contribution >= 4 is 11.5 Å². The Kier molecular flexibility index (Phi) is 6.38. The van der Waals surface area contributed by atoms with Crippen molar-refractivity contribution in [2.75, 3.05) is 40.4 Å². The zero-order chi connectivity index (χ0) is 20.9. The first kappa shape index (κ1) is 20.5. The third-order valence-electron chi connectivity index (χ3n) is 6.30. The number of hydrogen-bond acceptors (Lipinski definition) is 3. The quantitative estimate of drug-likeness (QED) is 0.801. The largest absolute Gasteiger partial charge is 0.497 e. The zero-order valence-electron chi connectivity index (χ0n) is 17.9. The predicted octanol–water partition coefficient (Wildman–Crippen LogP) is 2.74. The Morgan fingerprint density at radius 3 is 2.67 bits per heavy atom. The molecular weight excluding hydrogens is 376 g/mol. The molecule has 2 aromatic carbocycles. The molecular formula is C25H31N2O3+. The number of amides is 1. The van der Waals surface area contributed by atoms with Crippen LogP contribution in [0.15, 0.2) is 54.6 Å². The van der Waals surface area contributed by atoms with Gasteiger partial charge in [-0.25, -0.2) is 0 Å². The number of ether oxygens (including phenoxy) is 2. The molecule has 1 fully saturated rings. The SMILES string of the molecule is COc1ccc(OC)c([C@H]2CCCN2C(=O)C[NH+]2CC=C(c3ccccc3)CC2)c1. The topological polar surface area (TPSA) is 43.2 Å². The molecule has 5 nitrogen and oxygen atoms in total. The zero-order valence-corrected chi connectivity index (χ0v) is 17.9. The number of carbonyl (C=O) groups is 1. The number of quaternary nitrogens is 1. The van der Waals surface area contributed by atoms with E-state index in [9.17, 15) is 4.79 Å². The van der Waals surface area contributed by atoms with E-state index in [2.05, 4.69) is 30.3 Å². The molecule has 2 aromatic rings. The lowest BCUT2D eigenvalue weighted by Crippen LogP contribution is -3.13. The molecule has 0 radical (unpaired) electrons. The van der Waals surface area contributed by atoms with Crippen LogP contribution < -0.4 is 14.4 Å². The Labute approximate surface area is 178 Å². The highest BCUT2D eigenvalue weighted by Crippen LogP contribution is 2.38. The summed E-state index contributed by atoms with van der Waals surface area (Å²) in [5.41, 5.74) is 3.74. The minimum absolute atomic E-state index is 0.0576. The van der Waals surface area contributed by atoms with E-state index in [-0.39, 0.29) is 11.9 Å². The van der Waals surface area contributed by atoms with E-state index in [0.29, 0.717) is 6.54 Å². The van der Waals surface area contributed by atoms with Crippen molar-refractivity contribution in [1.82, 2.24) is 4.90 Å². The number of likely N-dealkylation sites (tertiary alicyclic amines) is 1. The van der Waals surface area contributed by atoms with Crippen LogP contribution in [0.1, 0.15) is 36.4 Å². The summed E-state index contributed by atoms with van der Waals surface area (Å²) < 4.78 is 11.0. The van der Waals surface area contributed by atoms with Crippen molar-refractivity contribution in [3.63, 3.8) is 0 Å². The monoisotopic (exact) mass is 407 g/mol. The maximum absolute atomic E-state index is 13.2. The molecule has 30 heavy (non-hydrogen) atoms. The standard InChI is InChI=1S/C25H30N2O3/c1-29-21-10-11-24(30-2)22(17-21)23-9-6-14-27(23)25(28)18-26-15-12-20(13-16-26)19-7-4-3-5-8-19/h3-5,7-8,10-12,17,23H,6,9,13-16,18H2,1-2H3/p+1/t23-/m1/s1. The highest BCUT2D eigenvalue weighted by atomic mass is 16.5. The van der Waals surface area contributed by atoms with Gasteiger partial charge in [-0.2, -0.15) is 0 Å². The number of carbonyl (C=O) groups excluding carboxylic acids is 1. The molecule has 0 aromatic heterocycles. The van der Waals surface area contributed by atoms with Gasteiger partial charge in [0.15, 0.2) is 6.54 Å². The number of rotatable bonds is 6. The van der Waals surface area contributed by atoms with Gasteiger partial charge in [0.25, 0.3) is 5.91 Å². The Morgan fingerprint density at radius 2 is 1.97 bits per heavy atom. The summed E-state index contributed by atoms with van der Waals surface area (Å²) in [7, 11) is 3.35. The first-order valence-corrected chi connectivity index (χ1v) is 10.8. The smallest absolute Gasteiger partial charge is 0.278 e. The van der Waals surface area contributed by atoms with Crippen LogP contribution >= 0.6 is 0 Å². The minimum Gasteiger partial charge on any atom is -0.497 e. The number of nitrogens with one attached hydrogen (secondary N) is 1. The van der Waals surface area contributed by atoms with Gasteiger partial charge < -0.3 is 19.3 Å². The minimum atomic E-state index is 0.0576. The van der Waals surface area contributed by atoms with E-state index < -0.39 is 0 Å². The van der Waals surface area contributed by atoms with Gasteiger partial charge in [-0.1, -0.05) is 30.3 Å². The Balaban J connectivity index is 1.43. The van der Waals surface area contributed by atoms with Gasteiger partial charge in [-0.15, -0.1) is 0 Å². The van der Waals surface area contributed by atoms with E-state index >= 15 is 0 Å². The van der Waals surface area contributed by atoms with Crippen LogP contribution in [0.5, 0.6) is 11.5 Å². The molecule has 1 amide bonds. The summed E-state index contributed by atoms with van der Waals surface area (Å²) in [6.07, 6.45) is 5.29. The Hall–Kier alpha value is -2.79. The van der Waals surface area contributed by atoms with Crippen LogP contribution in [-0.4, -0.2) is 51.2 Å². The molecule has 2 aliphatic rings. The van der Waals surface area contributed by atoms with Gasteiger partial charge in [0.1, 0.15) is 11.5 Å². The number of methoxy groups -OCH3 is 2. The predicted molar refractivity (Wildman–Crippen MR) is 118 cm³/mol. The van der Waals surface area contributed by atoms with E-state index in [1.54, 1.807) is 14.2 Å². The fourth-order valence-electron chi connectivity index (χ4n) is 4.66. The van der Waals surface area contributed by atoms with Crippen molar-refractivity contribution in [2.45, 2.75) is 25.3 Å². The summed E-state index contributed by atoms with van der Waals surface area (Å²) >= 11 is 0. The maximum Gasteiger partial charge on any atom is 0.278 e. The van der Waals surface area contributed by atoms with Gasteiger partial charge in [0, 0.05) is 18.5 Å².